The van der Waals surface area contributed by atoms with Gasteiger partial charge in [0.2, 0.25) is 12.5 Å². The summed E-state index contributed by atoms with van der Waals surface area (Å²) in [6.45, 7) is 0.752. The van der Waals surface area contributed by atoms with Crippen molar-refractivity contribution in [1.82, 2.24) is 4.90 Å². The van der Waals surface area contributed by atoms with Crippen molar-refractivity contribution in [2.24, 2.45) is 11.8 Å². The van der Waals surface area contributed by atoms with Crippen molar-refractivity contribution < 1.29 is 9.72 Å². The Kier molecular flexibility index (Phi) is 2.87. The minimum Gasteiger partial charge on any atom is -0.331 e. The third-order valence-electron chi connectivity index (χ3n) is 6.32. The molecule has 3 aliphatic rings. The van der Waals surface area contributed by atoms with Crippen LogP contribution in [0.3, 0.4) is 0 Å². The minimum absolute atomic E-state index is 0.00619. The lowest BCUT2D eigenvalue weighted by Crippen LogP contribution is -2.48. The number of hydrogen-bond acceptors (Lipinski definition) is 4. The van der Waals surface area contributed by atoms with Crippen LogP contribution in [0, 0.1) is 22.0 Å². The Morgan fingerprint density at radius 2 is 2.21 bits per heavy atom. The van der Waals surface area contributed by atoms with Gasteiger partial charge in [-0.15, -0.1) is 11.3 Å². The summed E-state index contributed by atoms with van der Waals surface area (Å²) in [6.07, 6.45) is 3.11. The summed E-state index contributed by atoms with van der Waals surface area (Å²) in [6, 6.07) is 8.45. The number of thiophene rings is 1. The van der Waals surface area contributed by atoms with Gasteiger partial charge in [-0.1, -0.05) is 18.2 Å². The van der Waals surface area contributed by atoms with Crippen molar-refractivity contribution in [3.8, 4) is 0 Å². The Hall–Kier alpha value is -1.95. The van der Waals surface area contributed by atoms with E-state index in [1.165, 1.54) is 20.5 Å². The van der Waals surface area contributed by atoms with E-state index in [-0.39, 0.29) is 34.7 Å². The molecule has 6 heteroatoms. The third kappa shape index (κ3) is 1.67. The van der Waals surface area contributed by atoms with Crippen molar-refractivity contribution in [3.05, 3.63) is 44.8 Å². The zero-order valence-corrected chi connectivity index (χ0v) is 14.1. The number of rotatable bonds is 2. The number of carbonyl (C=O) groups is 1. The molecule has 1 amide bonds. The molecule has 2 fully saturated rings. The van der Waals surface area contributed by atoms with Gasteiger partial charge in [-0.3, -0.25) is 14.9 Å². The van der Waals surface area contributed by atoms with E-state index in [2.05, 4.69) is 29.2 Å². The Bertz CT molecular complexity index is 876. The topological polar surface area (TPSA) is 63.4 Å². The number of amides is 1. The lowest BCUT2D eigenvalue weighted by atomic mass is 9.78. The Balaban J connectivity index is 1.70. The maximum Gasteiger partial charge on any atom is 0.223 e. The minimum atomic E-state index is -0.269. The highest BCUT2D eigenvalue weighted by atomic mass is 32.1. The second kappa shape index (κ2) is 4.79. The van der Waals surface area contributed by atoms with E-state index in [1.807, 2.05) is 0 Å². The van der Waals surface area contributed by atoms with Crippen LogP contribution in [0.15, 0.2) is 24.3 Å². The van der Waals surface area contributed by atoms with Crippen LogP contribution in [0.25, 0.3) is 10.1 Å². The molecule has 0 bridgehead atoms. The molecule has 124 valence electrons. The van der Waals surface area contributed by atoms with Gasteiger partial charge < -0.3 is 4.90 Å². The first-order chi connectivity index (χ1) is 11.6. The second-order valence-electron chi connectivity index (χ2n) is 7.25. The molecule has 1 saturated heterocycles. The summed E-state index contributed by atoms with van der Waals surface area (Å²) in [5, 5.41) is 12.4. The van der Waals surface area contributed by atoms with Crippen LogP contribution in [0.2, 0.25) is 0 Å². The average molecular weight is 342 g/mol. The third-order valence-corrected chi connectivity index (χ3v) is 7.70. The molecule has 1 aromatic carbocycles. The fraction of sp³-hybridized carbons (Fsp3) is 0.500. The summed E-state index contributed by atoms with van der Waals surface area (Å²) in [4.78, 5) is 26.9. The van der Waals surface area contributed by atoms with Crippen LogP contribution in [0.4, 0.5) is 0 Å². The molecule has 24 heavy (non-hydrogen) atoms. The quantitative estimate of drug-likeness (QED) is 0.622. The number of nitrogens with zero attached hydrogens (tertiary/aromatic N) is 2. The molecule has 0 N–H and O–H groups in total. The molecule has 3 atom stereocenters. The van der Waals surface area contributed by atoms with Crippen LogP contribution in [0.1, 0.15) is 29.7 Å². The van der Waals surface area contributed by atoms with Crippen LogP contribution in [0.5, 0.6) is 0 Å². The molecule has 1 aliphatic carbocycles. The summed E-state index contributed by atoms with van der Waals surface area (Å²) >= 11 is 1.80. The van der Waals surface area contributed by atoms with E-state index >= 15 is 0 Å². The zero-order chi connectivity index (χ0) is 16.5. The van der Waals surface area contributed by atoms with Crippen molar-refractivity contribution in [2.45, 2.75) is 31.2 Å². The summed E-state index contributed by atoms with van der Waals surface area (Å²) in [5.41, 5.74) is 1.11. The summed E-state index contributed by atoms with van der Waals surface area (Å²) < 4.78 is 1.27. The Labute approximate surface area is 143 Å². The van der Waals surface area contributed by atoms with Crippen molar-refractivity contribution >= 4 is 27.3 Å². The van der Waals surface area contributed by atoms with Crippen molar-refractivity contribution in [2.75, 3.05) is 13.1 Å². The lowest BCUT2D eigenvalue weighted by molar-refractivity contribution is -0.489. The number of hydrogen-bond donors (Lipinski definition) is 0. The zero-order valence-electron chi connectivity index (χ0n) is 13.2. The van der Waals surface area contributed by atoms with Crippen LogP contribution in [-0.2, 0) is 16.8 Å². The lowest BCUT2D eigenvalue weighted by Gasteiger charge is -2.42. The maximum atomic E-state index is 12.6. The van der Waals surface area contributed by atoms with Crippen LogP contribution >= 0.6 is 11.3 Å². The van der Waals surface area contributed by atoms with E-state index in [4.69, 9.17) is 0 Å². The first-order valence-corrected chi connectivity index (χ1v) is 9.36. The first-order valence-electron chi connectivity index (χ1n) is 8.54. The number of benzene rings is 1. The molecule has 1 aromatic heterocycles. The van der Waals surface area contributed by atoms with Gasteiger partial charge in [-0.25, -0.2) is 0 Å². The molecular weight excluding hydrogens is 324 g/mol. The SMILES string of the molecule is O=C1C[C@H]2[C@H](C[N+](=O)[O-])CC[C@]23c2sc4ccccc4c2CCN13. The summed E-state index contributed by atoms with van der Waals surface area (Å²) in [5.74, 6) is 0.309. The van der Waals surface area contributed by atoms with Gasteiger partial charge in [0.25, 0.3) is 0 Å². The molecule has 1 spiro atoms. The predicted molar refractivity (Wildman–Crippen MR) is 91.6 cm³/mol. The van der Waals surface area contributed by atoms with E-state index in [9.17, 15) is 14.9 Å². The highest BCUT2D eigenvalue weighted by Crippen LogP contribution is 2.61. The van der Waals surface area contributed by atoms with Crippen molar-refractivity contribution in [1.29, 1.82) is 0 Å². The largest absolute Gasteiger partial charge is 0.331 e. The van der Waals surface area contributed by atoms with Crippen LogP contribution in [-0.4, -0.2) is 28.8 Å². The second-order valence-corrected chi connectivity index (χ2v) is 8.30. The van der Waals surface area contributed by atoms with Gasteiger partial charge in [0, 0.05) is 39.3 Å². The maximum absolute atomic E-state index is 12.6. The predicted octanol–water partition coefficient (Wildman–Crippen LogP) is 3.19. The van der Waals surface area contributed by atoms with Crippen molar-refractivity contribution in [3.63, 3.8) is 0 Å². The van der Waals surface area contributed by atoms with E-state index in [0.717, 1.165) is 25.8 Å². The van der Waals surface area contributed by atoms with Gasteiger partial charge >= 0.3 is 0 Å². The fourth-order valence-corrected chi connectivity index (χ4v) is 6.98. The van der Waals surface area contributed by atoms with Crippen LogP contribution < -0.4 is 0 Å². The molecule has 0 radical (unpaired) electrons. The smallest absolute Gasteiger partial charge is 0.223 e. The molecule has 2 aliphatic heterocycles. The van der Waals surface area contributed by atoms with Gasteiger partial charge in [-0.05, 0) is 36.3 Å². The number of nitro groups is 1. The molecule has 3 heterocycles. The highest BCUT2D eigenvalue weighted by molar-refractivity contribution is 7.19. The molecular formula is C18H18N2O3S. The van der Waals surface area contributed by atoms with E-state index in [0.29, 0.717) is 6.42 Å². The molecule has 5 nitrogen and oxygen atoms in total. The molecule has 2 aromatic rings. The highest BCUT2D eigenvalue weighted by Gasteiger charge is 2.62. The van der Waals surface area contributed by atoms with Gasteiger partial charge in [0.15, 0.2) is 0 Å². The standard InChI is InChI=1S/C18H18N2O3S/c21-16-9-14-11(10-20(22)23)5-7-18(14)17-13(6-8-19(16)18)12-3-1-2-4-15(12)24-17/h1-4,11,14H,5-10H2/t11-,14-,18+/m0/s1. The Morgan fingerprint density at radius 1 is 1.38 bits per heavy atom. The van der Waals surface area contributed by atoms with Gasteiger partial charge in [-0.2, -0.15) is 0 Å². The fourth-order valence-electron chi connectivity index (χ4n) is 5.43. The molecule has 0 unspecified atom stereocenters. The molecule has 5 rings (SSSR count). The monoisotopic (exact) mass is 342 g/mol. The van der Waals surface area contributed by atoms with E-state index < -0.39 is 0 Å². The normalized spacial score (nSPS) is 31.2. The number of carbonyl (C=O) groups excluding carboxylic acids is 1. The first kappa shape index (κ1) is 14.4. The van der Waals surface area contributed by atoms with Gasteiger partial charge in [0.05, 0.1) is 5.54 Å². The van der Waals surface area contributed by atoms with E-state index in [1.54, 1.807) is 11.3 Å². The molecule has 1 saturated carbocycles. The average Bonchev–Trinajstić information content (AvgIpc) is 3.17. The Morgan fingerprint density at radius 3 is 3.04 bits per heavy atom. The summed E-state index contributed by atoms with van der Waals surface area (Å²) in [7, 11) is 0. The van der Waals surface area contributed by atoms with Gasteiger partial charge in [0.1, 0.15) is 0 Å². The number of fused-ring (bicyclic) bond motifs is 3.